The van der Waals surface area contributed by atoms with Crippen LogP contribution in [0.15, 0.2) is 4.79 Å². The van der Waals surface area contributed by atoms with Gasteiger partial charge in [0.15, 0.2) is 5.78 Å². The van der Waals surface area contributed by atoms with Crippen molar-refractivity contribution in [1.82, 2.24) is 4.57 Å². The highest BCUT2D eigenvalue weighted by Crippen LogP contribution is 2.25. The van der Waals surface area contributed by atoms with Crippen LogP contribution in [-0.2, 0) is 11.3 Å². The molecule has 0 spiro atoms. The Bertz CT molecular complexity index is 466. The van der Waals surface area contributed by atoms with E-state index in [1.54, 1.807) is 4.57 Å². The zero-order valence-corrected chi connectivity index (χ0v) is 11.3. The van der Waals surface area contributed by atoms with Gasteiger partial charge in [-0.1, -0.05) is 30.6 Å². The fourth-order valence-corrected chi connectivity index (χ4v) is 3.31. The SMILES string of the molecule is Cc1sc(=O)n(CC(=O)C2CCCCC2)c1C. The number of Topliss-reactive ketones (excluding diaryl/α,β-unsaturated/α-hetero) is 1. The zero-order chi connectivity index (χ0) is 12.4. The lowest BCUT2D eigenvalue weighted by molar-refractivity contribution is -0.124. The molecule has 0 atom stereocenters. The maximum absolute atomic E-state index is 12.1. The average molecular weight is 253 g/mol. The van der Waals surface area contributed by atoms with Gasteiger partial charge in [-0.3, -0.25) is 14.2 Å². The molecule has 94 valence electrons. The van der Waals surface area contributed by atoms with Crippen molar-refractivity contribution in [2.75, 3.05) is 0 Å². The third kappa shape index (κ3) is 2.68. The summed E-state index contributed by atoms with van der Waals surface area (Å²) in [5.74, 6) is 0.433. The van der Waals surface area contributed by atoms with Crippen LogP contribution in [0, 0.1) is 19.8 Å². The van der Waals surface area contributed by atoms with Crippen LogP contribution in [0.1, 0.15) is 42.7 Å². The van der Waals surface area contributed by atoms with Gasteiger partial charge >= 0.3 is 4.87 Å². The van der Waals surface area contributed by atoms with E-state index in [4.69, 9.17) is 0 Å². The summed E-state index contributed by atoms with van der Waals surface area (Å²) in [5, 5.41) is 0. The highest BCUT2D eigenvalue weighted by atomic mass is 32.1. The van der Waals surface area contributed by atoms with Gasteiger partial charge in [-0.05, 0) is 26.7 Å². The molecule has 0 saturated heterocycles. The molecule has 0 aliphatic heterocycles. The van der Waals surface area contributed by atoms with Gasteiger partial charge in [0.2, 0.25) is 0 Å². The van der Waals surface area contributed by atoms with E-state index in [1.165, 1.54) is 17.8 Å². The van der Waals surface area contributed by atoms with Crippen molar-refractivity contribution >= 4 is 17.1 Å². The molecule has 0 bridgehead atoms. The number of carbonyl (C=O) groups excluding carboxylic acids is 1. The predicted molar refractivity (Wildman–Crippen MR) is 69.6 cm³/mol. The monoisotopic (exact) mass is 253 g/mol. The molecule has 0 radical (unpaired) electrons. The summed E-state index contributed by atoms with van der Waals surface area (Å²) in [6.07, 6.45) is 5.59. The highest BCUT2D eigenvalue weighted by Gasteiger charge is 2.22. The lowest BCUT2D eigenvalue weighted by Crippen LogP contribution is -2.27. The molecule has 2 rings (SSSR count). The summed E-state index contributed by atoms with van der Waals surface area (Å²) in [5.41, 5.74) is 0.948. The van der Waals surface area contributed by atoms with Crippen molar-refractivity contribution in [2.45, 2.75) is 52.5 Å². The number of thiazole rings is 1. The average Bonchev–Trinajstić information content (AvgIpc) is 2.57. The number of nitrogens with zero attached hydrogens (tertiary/aromatic N) is 1. The van der Waals surface area contributed by atoms with E-state index >= 15 is 0 Å². The van der Waals surface area contributed by atoms with Crippen molar-refractivity contribution in [3.63, 3.8) is 0 Å². The molecule has 1 saturated carbocycles. The Kier molecular flexibility index (Phi) is 3.82. The fraction of sp³-hybridized carbons (Fsp3) is 0.692. The van der Waals surface area contributed by atoms with E-state index in [0.29, 0.717) is 0 Å². The van der Waals surface area contributed by atoms with Crippen molar-refractivity contribution < 1.29 is 4.79 Å². The number of hydrogen-bond acceptors (Lipinski definition) is 3. The number of rotatable bonds is 3. The van der Waals surface area contributed by atoms with E-state index < -0.39 is 0 Å². The normalized spacial score (nSPS) is 17.3. The minimum atomic E-state index is 0.00385. The van der Waals surface area contributed by atoms with Crippen LogP contribution in [0.25, 0.3) is 0 Å². The van der Waals surface area contributed by atoms with E-state index in [0.717, 1.165) is 36.3 Å². The Labute approximate surface area is 105 Å². The van der Waals surface area contributed by atoms with Crippen LogP contribution in [0.5, 0.6) is 0 Å². The maximum atomic E-state index is 12.1. The fourth-order valence-electron chi connectivity index (χ4n) is 2.48. The molecule has 0 amide bonds. The van der Waals surface area contributed by atoms with Gasteiger partial charge in [0.25, 0.3) is 0 Å². The molecule has 1 heterocycles. The lowest BCUT2D eigenvalue weighted by Gasteiger charge is -2.20. The minimum absolute atomic E-state index is 0.00385. The summed E-state index contributed by atoms with van der Waals surface area (Å²) < 4.78 is 1.64. The Morgan fingerprint density at radius 1 is 1.29 bits per heavy atom. The topological polar surface area (TPSA) is 39.1 Å². The number of carbonyl (C=O) groups is 1. The van der Waals surface area contributed by atoms with Gasteiger partial charge < -0.3 is 0 Å². The van der Waals surface area contributed by atoms with Crippen molar-refractivity contribution in [3.8, 4) is 0 Å². The van der Waals surface area contributed by atoms with Crippen molar-refractivity contribution in [1.29, 1.82) is 0 Å². The zero-order valence-electron chi connectivity index (χ0n) is 10.5. The first-order chi connectivity index (χ1) is 8.09. The highest BCUT2D eigenvalue weighted by molar-refractivity contribution is 7.09. The van der Waals surface area contributed by atoms with Gasteiger partial charge in [-0.15, -0.1) is 0 Å². The van der Waals surface area contributed by atoms with Crippen LogP contribution in [0.3, 0.4) is 0 Å². The summed E-state index contributed by atoms with van der Waals surface area (Å²) >= 11 is 1.24. The van der Waals surface area contributed by atoms with E-state index in [2.05, 4.69) is 0 Å². The quantitative estimate of drug-likeness (QED) is 0.830. The molecule has 4 heteroatoms. The molecule has 0 unspecified atom stereocenters. The predicted octanol–water partition coefficient (Wildman–Crippen LogP) is 2.68. The van der Waals surface area contributed by atoms with Crippen LogP contribution in [-0.4, -0.2) is 10.4 Å². The second-order valence-electron chi connectivity index (χ2n) is 4.90. The van der Waals surface area contributed by atoms with Gasteiger partial charge in [0, 0.05) is 16.5 Å². The smallest absolute Gasteiger partial charge is 0.297 e. The number of hydrogen-bond donors (Lipinski definition) is 0. The van der Waals surface area contributed by atoms with Crippen molar-refractivity contribution in [3.05, 3.63) is 20.2 Å². The van der Waals surface area contributed by atoms with E-state index in [9.17, 15) is 9.59 Å². The summed E-state index contributed by atoms with van der Waals surface area (Å²) in [4.78, 5) is 24.9. The van der Waals surface area contributed by atoms with Crippen LogP contribution in [0.4, 0.5) is 0 Å². The van der Waals surface area contributed by atoms with Gasteiger partial charge in [-0.25, -0.2) is 0 Å². The summed E-state index contributed by atoms with van der Waals surface area (Å²) in [7, 11) is 0. The Balaban J connectivity index is 2.09. The largest absolute Gasteiger partial charge is 0.307 e. The van der Waals surface area contributed by atoms with Gasteiger partial charge in [0.05, 0.1) is 6.54 Å². The second-order valence-corrected chi connectivity index (χ2v) is 6.06. The van der Waals surface area contributed by atoms with Crippen molar-refractivity contribution in [2.24, 2.45) is 5.92 Å². The number of aryl methyl sites for hydroxylation is 1. The summed E-state index contributed by atoms with van der Waals surface area (Å²) in [6.45, 7) is 4.13. The molecular weight excluding hydrogens is 234 g/mol. The molecule has 1 aliphatic carbocycles. The molecule has 0 N–H and O–H groups in total. The molecule has 1 aromatic heterocycles. The van der Waals surface area contributed by atoms with E-state index in [-0.39, 0.29) is 23.1 Å². The first kappa shape index (κ1) is 12.6. The molecular formula is C13H19NO2S. The first-order valence-electron chi connectivity index (χ1n) is 6.29. The number of ketones is 1. The Morgan fingerprint density at radius 3 is 2.47 bits per heavy atom. The third-order valence-corrected chi connectivity index (χ3v) is 4.75. The third-order valence-electron chi connectivity index (χ3n) is 3.75. The molecule has 0 aromatic carbocycles. The minimum Gasteiger partial charge on any atom is -0.297 e. The van der Waals surface area contributed by atoms with Gasteiger partial charge in [0.1, 0.15) is 0 Å². The maximum Gasteiger partial charge on any atom is 0.307 e. The first-order valence-corrected chi connectivity index (χ1v) is 7.11. The summed E-state index contributed by atoms with van der Waals surface area (Å²) in [6, 6.07) is 0. The van der Waals surface area contributed by atoms with Gasteiger partial charge in [-0.2, -0.15) is 0 Å². The Hall–Kier alpha value is -0.900. The lowest BCUT2D eigenvalue weighted by atomic mass is 9.86. The molecule has 17 heavy (non-hydrogen) atoms. The number of aromatic nitrogens is 1. The molecule has 1 fully saturated rings. The van der Waals surface area contributed by atoms with Crippen LogP contribution in [0.2, 0.25) is 0 Å². The standard InChI is InChI=1S/C13H19NO2S/c1-9-10(2)17-13(16)14(9)8-12(15)11-6-4-3-5-7-11/h11H,3-8H2,1-2H3. The second kappa shape index (κ2) is 5.17. The molecule has 1 aromatic rings. The van der Waals surface area contributed by atoms with Crippen LogP contribution < -0.4 is 4.87 Å². The molecule has 1 aliphatic rings. The van der Waals surface area contributed by atoms with Crippen LogP contribution >= 0.6 is 11.3 Å². The Morgan fingerprint density at radius 2 is 1.94 bits per heavy atom. The molecule has 3 nitrogen and oxygen atoms in total. The van der Waals surface area contributed by atoms with E-state index in [1.807, 2.05) is 13.8 Å².